The van der Waals surface area contributed by atoms with Crippen LogP contribution in [-0.4, -0.2) is 59.5 Å². The van der Waals surface area contributed by atoms with E-state index in [0.29, 0.717) is 6.54 Å². The minimum atomic E-state index is -1.21. The van der Waals surface area contributed by atoms with Gasteiger partial charge in [-0.2, -0.15) is 0 Å². The molecule has 0 spiro atoms. The number of carbonyl (C=O) groups excluding carboxylic acids is 1. The minimum absolute atomic E-state index is 0.00829. The van der Waals surface area contributed by atoms with Crippen molar-refractivity contribution in [2.24, 2.45) is 0 Å². The first-order chi connectivity index (χ1) is 9.82. The van der Waals surface area contributed by atoms with Crippen LogP contribution in [0.2, 0.25) is 0 Å². The minimum Gasteiger partial charge on any atom is -0.478 e. The Hall–Kier alpha value is -1.95. The van der Waals surface area contributed by atoms with Crippen molar-refractivity contribution in [3.63, 3.8) is 0 Å². The van der Waals surface area contributed by atoms with Crippen molar-refractivity contribution >= 4 is 11.9 Å². The number of likely N-dealkylation sites (tertiary alicyclic amines) is 1. The highest BCUT2D eigenvalue weighted by Crippen LogP contribution is 2.24. The topological polar surface area (TPSA) is 60.9 Å². The number of hydrogen-bond donors (Lipinski definition) is 1. The molecule has 114 valence electrons. The molecule has 0 radical (unpaired) electrons. The van der Waals surface area contributed by atoms with Gasteiger partial charge in [0, 0.05) is 18.6 Å². The quantitative estimate of drug-likeness (QED) is 0.921. The molecular weight excluding hydrogens is 275 g/mol. The van der Waals surface area contributed by atoms with Gasteiger partial charge in [0.25, 0.3) is 5.91 Å². The van der Waals surface area contributed by atoms with Crippen molar-refractivity contribution in [1.29, 1.82) is 0 Å². The lowest BCUT2D eigenvalue weighted by Crippen LogP contribution is -2.42. The summed E-state index contributed by atoms with van der Waals surface area (Å²) in [5, 5.41) is 8.82. The number of likely N-dealkylation sites (N-methyl/N-ethyl adjacent to an activating group) is 1. The highest BCUT2D eigenvalue weighted by molar-refractivity contribution is 5.96. The van der Waals surface area contributed by atoms with Crippen LogP contribution in [0.4, 0.5) is 4.39 Å². The third-order valence-corrected chi connectivity index (χ3v) is 4.08. The smallest absolute Gasteiger partial charge is 0.335 e. The molecule has 1 aliphatic rings. The number of carboxylic acid groups (broad SMARTS) is 1. The summed E-state index contributed by atoms with van der Waals surface area (Å²) in [7, 11) is 3.91. The molecule has 6 heteroatoms. The van der Waals surface area contributed by atoms with Crippen molar-refractivity contribution < 1.29 is 19.1 Å². The lowest BCUT2D eigenvalue weighted by molar-refractivity contribution is 0.0687. The van der Waals surface area contributed by atoms with Crippen LogP contribution in [0.5, 0.6) is 0 Å². The molecule has 21 heavy (non-hydrogen) atoms. The molecule has 1 aliphatic heterocycles. The molecule has 1 amide bonds. The van der Waals surface area contributed by atoms with Gasteiger partial charge >= 0.3 is 5.97 Å². The number of amides is 1. The predicted octanol–water partition coefficient (Wildman–Crippen LogP) is 1.69. The molecule has 0 saturated carbocycles. The summed E-state index contributed by atoms with van der Waals surface area (Å²) in [5.74, 6) is -2.39. The number of halogens is 1. The Bertz CT molecular complexity index is 574. The summed E-state index contributed by atoms with van der Waals surface area (Å²) in [6, 6.07) is 3.63. The summed E-state index contributed by atoms with van der Waals surface area (Å²) >= 11 is 0. The molecule has 2 rings (SSSR count). The molecule has 2 atom stereocenters. The molecule has 0 bridgehead atoms. The number of hydrogen-bond acceptors (Lipinski definition) is 3. The molecule has 1 heterocycles. The fourth-order valence-corrected chi connectivity index (χ4v) is 2.88. The van der Waals surface area contributed by atoms with E-state index in [1.165, 1.54) is 12.1 Å². The normalized spacial score (nSPS) is 21.9. The van der Waals surface area contributed by atoms with Crippen LogP contribution < -0.4 is 0 Å². The number of carboxylic acids is 1. The zero-order valence-electron chi connectivity index (χ0n) is 12.3. The number of benzene rings is 1. The van der Waals surface area contributed by atoms with E-state index in [2.05, 4.69) is 4.90 Å². The van der Waals surface area contributed by atoms with Gasteiger partial charge in [0.15, 0.2) is 0 Å². The molecule has 0 aromatic heterocycles. The SMILES string of the molecule is CC1C(N(C)C)CCN1C(=O)c1ccc(C(=O)O)cc1F. The first-order valence-corrected chi connectivity index (χ1v) is 6.83. The van der Waals surface area contributed by atoms with Gasteiger partial charge in [0.2, 0.25) is 0 Å². The zero-order valence-corrected chi connectivity index (χ0v) is 12.3. The van der Waals surface area contributed by atoms with Crippen LogP contribution in [0.1, 0.15) is 34.1 Å². The number of aromatic carboxylic acids is 1. The first kappa shape index (κ1) is 15.4. The van der Waals surface area contributed by atoms with Crippen LogP contribution in [0.3, 0.4) is 0 Å². The third-order valence-electron chi connectivity index (χ3n) is 4.08. The van der Waals surface area contributed by atoms with Crippen molar-refractivity contribution in [2.45, 2.75) is 25.4 Å². The summed E-state index contributed by atoms with van der Waals surface area (Å²) in [6.45, 7) is 2.52. The molecule has 5 nitrogen and oxygen atoms in total. The van der Waals surface area contributed by atoms with E-state index < -0.39 is 11.8 Å². The van der Waals surface area contributed by atoms with Crippen molar-refractivity contribution in [1.82, 2.24) is 9.80 Å². The fourth-order valence-electron chi connectivity index (χ4n) is 2.88. The Morgan fingerprint density at radius 1 is 1.38 bits per heavy atom. The van der Waals surface area contributed by atoms with Gasteiger partial charge in [-0.1, -0.05) is 0 Å². The molecule has 1 aromatic carbocycles. The van der Waals surface area contributed by atoms with Crippen LogP contribution in [0.25, 0.3) is 0 Å². The Labute approximate surface area is 123 Å². The van der Waals surface area contributed by atoms with Crippen molar-refractivity contribution in [3.05, 3.63) is 35.1 Å². The van der Waals surface area contributed by atoms with E-state index >= 15 is 0 Å². The summed E-state index contributed by atoms with van der Waals surface area (Å²) < 4.78 is 14.0. The van der Waals surface area contributed by atoms with Crippen molar-refractivity contribution in [3.8, 4) is 0 Å². The lowest BCUT2D eigenvalue weighted by Gasteiger charge is -2.28. The maximum Gasteiger partial charge on any atom is 0.335 e. The molecule has 1 N–H and O–H groups in total. The molecular formula is C15H19FN2O3. The summed E-state index contributed by atoms with van der Waals surface area (Å²) in [4.78, 5) is 26.9. The monoisotopic (exact) mass is 294 g/mol. The predicted molar refractivity (Wildman–Crippen MR) is 75.9 cm³/mol. The fraction of sp³-hybridized carbons (Fsp3) is 0.467. The molecule has 1 saturated heterocycles. The average molecular weight is 294 g/mol. The average Bonchev–Trinajstić information content (AvgIpc) is 2.79. The van der Waals surface area contributed by atoms with Crippen LogP contribution in [-0.2, 0) is 0 Å². The van der Waals surface area contributed by atoms with Gasteiger partial charge in [0.05, 0.1) is 11.1 Å². The highest BCUT2D eigenvalue weighted by Gasteiger charge is 2.36. The Morgan fingerprint density at radius 2 is 2.05 bits per heavy atom. The lowest BCUT2D eigenvalue weighted by atomic mass is 10.1. The molecule has 1 fully saturated rings. The number of nitrogens with zero attached hydrogens (tertiary/aromatic N) is 2. The standard InChI is InChI=1S/C15H19FN2O3/c1-9-13(17(2)3)6-7-18(9)14(19)11-5-4-10(15(20)21)8-12(11)16/h4-5,8-9,13H,6-7H2,1-3H3,(H,20,21). The molecule has 1 aromatic rings. The Morgan fingerprint density at radius 3 is 2.52 bits per heavy atom. The number of rotatable bonds is 3. The second kappa shape index (κ2) is 5.81. The van der Waals surface area contributed by atoms with Gasteiger partial charge in [-0.3, -0.25) is 4.79 Å². The van der Waals surface area contributed by atoms with Gasteiger partial charge in [-0.15, -0.1) is 0 Å². The third kappa shape index (κ3) is 2.90. The molecule has 0 aliphatic carbocycles. The van der Waals surface area contributed by atoms with E-state index in [1.54, 1.807) is 4.90 Å². The van der Waals surface area contributed by atoms with E-state index in [0.717, 1.165) is 12.5 Å². The number of carbonyl (C=O) groups is 2. The van der Waals surface area contributed by atoms with Gasteiger partial charge in [0.1, 0.15) is 5.82 Å². The van der Waals surface area contributed by atoms with Gasteiger partial charge < -0.3 is 14.9 Å². The zero-order chi connectivity index (χ0) is 15.7. The van der Waals surface area contributed by atoms with Gasteiger partial charge in [-0.25, -0.2) is 9.18 Å². The second-order valence-electron chi connectivity index (χ2n) is 5.56. The summed E-state index contributed by atoms with van der Waals surface area (Å²) in [6.07, 6.45) is 0.842. The van der Waals surface area contributed by atoms with E-state index in [1.807, 2.05) is 21.0 Å². The van der Waals surface area contributed by atoms with E-state index in [4.69, 9.17) is 5.11 Å². The Balaban J connectivity index is 2.23. The Kier molecular flexibility index (Phi) is 4.27. The second-order valence-corrected chi connectivity index (χ2v) is 5.56. The van der Waals surface area contributed by atoms with Crippen LogP contribution >= 0.6 is 0 Å². The van der Waals surface area contributed by atoms with Crippen molar-refractivity contribution in [2.75, 3.05) is 20.6 Å². The first-order valence-electron chi connectivity index (χ1n) is 6.83. The van der Waals surface area contributed by atoms with Crippen LogP contribution in [0.15, 0.2) is 18.2 Å². The summed E-state index contributed by atoms with van der Waals surface area (Å²) in [5.41, 5.74) is -0.240. The molecule has 2 unspecified atom stereocenters. The van der Waals surface area contributed by atoms with Crippen LogP contribution in [0, 0.1) is 5.82 Å². The highest BCUT2D eigenvalue weighted by atomic mass is 19.1. The largest absolute Gasteiger partial charge is 0.478 e. The maximum absolute atomic E-state index is 14.0. The maximum atomic E-state index is 14.0. The van der Waals surface area contributed by atoms with E-state index in [9.17, 15) is 14.0 Å². The van der Waals surface area contributed by atoms with E-state index in [-0.39, 0.29) is 29.1 Å². The van der Waals surface area contributed by atoms with Gasteiger partial charge in [-0.05, 0) is 45.6 Å².